The summed E-state index contributed by atoms with van der Waals surface area (Å²) in [7, 11) is 0. The lowest BCUT2D eigenvalue weighted by Crippen LogP contribution is -2.29. The van der Waals surface area contributed by atoms with Crippen molar-refractivity contribution in [3.05, 3.63) is 64.7 Å². The van der Waals surface area contributed by atoms with Gasteiger partial charge in [0.1, 0.15) is 11.9 Å². The van der Waals surface area contributed by atoms with Crippen molar-refractivity contribution in [1.82, 2.24) is 3.96 Å². The fraction of sp³-hybridized carbons (Fsp3) is 0.176. The predicted octanol–water partition coefficient (Wildman–Crippen LogP) is 3.79. The first-order chi connectivity index (χ1) is 11.1. The fourth-order valence-electron chi connectivity index (χ4n) is 2.41. The number of nitrogens with zero attached hydrogens (tertiary/aromatic N) is 1. The van der Waals surface area contributed by atoms with Crippen LogP contribution in [0.25, 0.3) is 10.1 Å². The first kappa shape index (κ1) is 15.4. The summed E-state index contributed by atoms with van der Waals surface area (Å²) in [5, 5.41) is 3.35. The highest BCUT2D eigenvalue weighted by atomic mass is 32.1. The summed E-state index contributed by atoms with van der Waals surface area (Å²) in [4.78, 5) is 25.0. The summed E-state index contributed by atoms with van der Waals surface area (Å²) in [6.07, 6.45) is 0.486. The Hall–Kier alpha value is -2.47. The maximum absolute atomic E-state index is 12.9. The second-order valence-corrected chi connectivity index (χ2v) is 6.15. The lowest BCUT2D eigenvalue weighted by Gasteiger charge is -2.15. The number of halogens is 1. The van der Waals surface area contributed by atoms with Crippen molar-refractivity contribution in [1.29, 1.82) is 0 Å². The molecule has 1 N–H and O–H groups in total. The Kier molecular flexibility index (Phi) is 4.25. The van der Waals surface area contributed by atoms with Crippen LogP contribution >= 0.6 is 11.5 Å². The molecule has 0 fully saturated rings. The third-order valence-electron chi connectivity index (χ3n) is 3.60. The number of amides is 1. The van der Waals surface area contributed by atoms with Crippen molar-refractivity contribution in [2.45, 2.75) is 19.4 Å². The summed E-state index contributed by atoms with van der Waals surface area (Å²) in [6.45, 7) is 1.85. The Balaban J connectivity index is 1.91. The molecule has 6 heteroatoms. The molecule has 1 heterocycles. The van der Waals surface area contributed by atoms with Crippen molar-refractivity contribution in [3.8, 4) is 0 Å². The van der Waals surface area contributed by atoms with Gasteiger partial charge < -0.3 is 5.32 Å². The van der Waals surface area contributed by atoms with Crippen LogP contribution in [0.15, 0.2) is 53.3 Å². The van der Waals surface area contributed by atoms with Gasteiger partial charge in [-0.2, -0.15) is 0 Å². The van der Waals surface area contributed by atoms with Crippen molar-refractivity contribution in [3.63, 3.8) is 0 Å². The number of carbonyl (C=O) groups excluding carboxylic acids is 1. The maximum Gasteiger partial charge on any atom is 0.269 e. The van der Waals surface area contributed by atoms with Crippen LogP contribution < -0.4 is 10.9 Å². The van der Waals surface area contributed by atoms with Gasteiger partial charge in [-0.1, -0.05) is 30.6 Å². The Morgan fingerprint density at radius 2 is 1.91 bits per heavy atom. The molecule has 0 spiro atoms. The van der Waals surface area contributed by atoms with Crippen molar-refractivity contribution < 1.29 is 9.18 Å². The van der Waals surface area contributed by atoms with Gasteiger partial charge in [0.25, 0.3) is 5.56 Å². The highest BCUT2D eigenvalue weighted by Gasteiger charge is 2.22. The first-order valence-corrected chi connectivity index (χ1v) is 8.04. The summed E-state index contributed by atoms with van der Waals surface area (Å²) in [5.41, 5.74) is 0.343. The molecule has 23 heavy (non-hydrogen) atoms. The van der Waals surface area contributed by atoms with Crippen molar-refractivity contribution in [2.24, 2.45) is 0 Å². The number of carbonyl (C=O) groups is 1. The smallest absolute Gasteiger partial charge is 0.269 e. The van der Waals surface area contributed by atoms with Crippen molar-refractivity contribution >= 4 is 33.2 Å². The lowest BCUT2D eigenvalue weighted by atomic mass is 10.2. The van der Waals surface area contributed by atoms with Gasteiger partial charge in [-0.25, -0.2) is 4.39 Å². The molecule has 0 saturated carbocycles. The number of anilines is 1. The second-order valence-electron chi connectivity index (χ2n) is 5.14. The molecule has 118 valence electrons. The number of nitrogens with one attached hydrogen (secondary N) is 1. The zero-order valence-electron chi connectivity index (χ0n) is 12.5. The molecule has 4 nitrogen and oxygen atoms in total. The third-order valence-corrected chi connectivity index (χ3v) is 4.77. The van der Waals surface area contributed by atoms with E-state index < -0.39 is 6.04 Å². The number of rotatable bonds is 4. The monoisotopic (exact) mass is 330 g/mol. The normalized spacial score (nSPS) is 12.3. The van der Waals surface area contributed by atoms with Gasteiger partial charge in [0.2, 0.25) is 5.91 Å². The minimum absolute atomic E-state index is 0.160. The highest BCUT2D eigenvalue weighted by Crippen LogP contribution is 2.22. The predicted molar refractivity (Wildman–Crippen MR) is 90.4 cm³/mol. The Bertz CT molecular complexity index is 899. The number of benzene rings is 2. The van der Waals surface area contributed by atoms with Crippen LogP contribution in [-0.2, 0) is 4.79 Å². The summed E-state index contributed by atoms with van der Waals surface area (Å²) < 4.78 is 15.3. The van der Waals surface area contributed by atoms with E-state index >= 15 is 0 Å². The molecule has 3 aromatic rings. The number of aromatic nitrogens is 1. The van der Waals surface area contributed by atoms with Crippen LogP contribution in [0.4, 0.5) is 10.1 Å². The summed E-state index contributed by atoms with van der Waals surface area (Å²) >= 11 is 1.28. The van der Waals surface area contributed by atoms with E-state index in [1.807, 2.05) is 19.1 Å². The molecule has 0 saturated heterocycles. The molecule has 0 bridgehead atoms. The maximum atomic E-state index is 12.9. The van der Waals surface area contributed by atoms with E-state index in [2.05, 4.69) is 5.32 Å². The molecule has 2 aromatic carbocycles. The fourth-order valence-corrected chi connectivity index (χ4v) is 3.57. The van der Waals surface area contributed by atoms with Crippen LogP contribution in [0.5, 0.6) is 0 Å². The molecule has 3 rings (SSSR count). The van der Waals surface area contributed by atoms with Crippen LogP contribution in [0.1, 0.15) is 19.4 Å². The zero-order chi connectivity index (χ0) is 16.4. The van der Waals surface area contributed by atoms with Gasteiger partial charge in [-0.15, -0.1) is 0 Å². The van der Waals surface area contributed by atoms with Gasteiger partial charge in [0.15, 0.2) is 0 Å². The highest BCUT2D eigenvalue weighted by molar-refractivity contribution is 7.14. The van der Waals surface area contributed by atoms with E-state index in [0.29, 0.717) is 17.5 Å². The minimum atomic E-state index is -0.593. The molecule has 0 aliphatic rings. The van der Waals surface area contributed by atoms with E-state index in [0.717, 1.165) is 4.70 Å². The van der Waals surface area contributed by atoms with Crippen LogP contribution in [0.3, 0.4) is 0 Å². The Morgan fingerprint density at radius 1 is 1.22 bits per heavy atom. The SMILES string of the molecule is CCC(C(=O)Nc1ccc(F)cc1)n1sc2ccccc2c1=O. The van der Waals surface area contributed by atoms with Gasteiger partial charge in [0.05, 0.1) is 10.1 Å². The average Bonchev–Trinajstić information content (AvgIpc) is 2.88. The summed E-state index contributed by atoms with van der Waals surface area (Å²) in [5.74, 6) is -0.650. The number of hydrogen-bond acceptors (Lipinski definition) is 3. The molecule has 0 aliphatic carbocycles. The molecule has 1 aromatic heterocycles. The van der Waals surface area contributed by atoms with E-state index in [-0.39, 0.29) is 17.3 Å². The van der Waals surface area contributed by atoms with E-state index in [1.165, 1.54) is 39.8 Å². The van der Waals surface area contributed by atoms with E-state index in [9.17, 15) is 14.0 Å². The van der Waals surface area contributed by atoms with Gasteiger partial charge in [-0.3, -0.25) is 13.5 Å². The quantitative estimate of drug-likeness (QED) is 0.791. The molecule has 0 radical (unpaired) electrons. The van der Waals surface area contributed by atoms with Crippen LogP contribution in [-0.4, -0.2) is 9.86 Å². The van der Waals surface area contributed by atoms with Gasteiger partial charge >= 0.3 is 0 Å². The molecule has 1 atom stereocenters. The summed E-state index contributed by atoms with van der Waals surface area (Å²) in [6, 6.07) is 12.2. The largest absolute Gasteiger partial charge is 0.324 e. The van der Waals surface area contributed by atoms with Crippen LogP contribution in [0.2, 0.25) is 0 Å². The Morgan fingerprint density at radius 3 is 2.57 bits per heavy atom. The lowest BCUT2D eigenvalue weighted by molar-refractivity contribution is -0.119. The average molecular weight is 330 g/mol. The van der Waals surface area contributed by atoms with Gasteiger partial charge in [-0.05, 0) is 42.8 Å². The van der Waals surface area contributed by atoms with E-state index in [1.54, 1.807) is 12.1 Å². The molecular weight excluding hydrogens is 315 g/mol. The van der Waals surface area contributed by atoms with Crippen LogP contribution in [0, 0.1) is 5.82 Å². The second kappa shape index (κ2) is 6.34. The van der Waals surface area contributed by atoms with Crippen molar-refractivity contribution in [2.75, 3.05) is 5.32 Å². The molecule has 1 unspecified atom stereocenters. The Labute approximate surface area is 136 Å². The number of fused-ring (bicyclic) bond motifs is 1. The molecular formula is C17H15FN2O2S. The first-order valence-electron chi connectivity index (χ1n) is 7.27. The standard InChI is InChI=1S/C17H15FN2O2S/c1-2-14(16(21)19-12-9-7-11(18)8-10-12)20-17(22)13-5-3-4-6-15(13)23-20/h3-10,14H,2H2,1H3,(H,19,21). The van der Waals surface area contributed by atoms with E-state index in [4.69, 9.17) is 0 Å². The minimum Gasteiger partial charge on any atom is -0.324 e. The topological polar surface area (TPSA) is 51.1 Å². The zero-order valence-corrected chi connectivity index (χ0v) is 13.3. The third kappa shape index (κ3) is 3.03. The number of hydrogen-bond donors (Lipinski definition) is 1. The molecule has 1 amide bonds. The molecule has 0 aliphatic heterocycles. The van der Waals surface area contributed by atoms with Gasteiger partial charge in [0, 0.05) is 5.69 Å².